The van der Waals surface area contributed by atoms with Gasteiger partial charge in [-0.15, -0.1) is 0 Å². The molecule has 22 heavy (non-hydrogen) atoms. The molecule has 1 aromatic carbocycles. The summed E-state index contributed by atoms with van der Waals surface area (Å²) in [5, 5.41) is 4.07. The van der Waals surface area contributed by atoms with Gasteiger partial charge in [-0.1, -0.05) is 18.2 Å². The SMILES string of the molecule is O=C(Nc1cccc2cccnc12)C1CCn2ccnc2C1. The molecule has 1 atom stereocenters. The van der Waals surface area contributed by atoms with Crippen LogP contribution in [0.4, 0.5) is 5.69 Å². The number of rotatable bonds is 2. The van der Waals surface area contributed by atoms with E-state index in [1.54, 1.807) is 12.4 Å². The second kappa shape index (κ2) is 5.26. The van der Waals surface area contributed by atoms with Gasteiger partial charge in [0.05, 0.1) is 11.2 Å². The first-order valence-electron chi connectivity index (χ1n) is 7.46. The lowest BCUT2D eigenvalue weighted by Crippen LogP contribution is -2.30. The number of fused-ring (bicyclic) bond motifs is 2. The topological polar surface area (TPSA) is 59.8 Å². The lowest BCUT2D eigenvalue weighted by Gasteiger charge is -2.22. The van der Waals surface area contributed by atoms with Gasteiger partial charge in [-0.2, -0.15) is 0 Å². The Balaban J connectivity index is 1.57. The summed E-state index contributed by atoms with van der Waals surface area (Å²) in [5.74, 6) is 1.00. The maximum absolute atomic E-state index is 12.6. The normalized spacial score (nSPS) is 17.2. The molecule has 1 unspecified atom stereocenters. The molecule has 2 aromatic heterocycles. The van der Waals surface area contributed by atoms with Crippen LogP contribution in [0.2, 0.25) is 0 Å². The molecule has 1 amide bonds. The molecule has 0 radical (unpaired) electrons. The largest absolute Gasteiger partial charge is 0.335 e. The summed E-state index contributed by atoms with van der Waals surface area (Å²) in [5.41, 5.74) is 1.60. The first-order valence-corrected chi connectivity index (χ1v) is 7.46. The van der Waals surface area contributed by atoms with Crippen molar-refractivity contribution in [3.8, 4) is 0 Å². The van der Waals surface area contributed by atoms with Crippen LogP contribution >= 0.6 is 0 Å². The van der Waals surface area contributed by atoms with Gasteiger partial charge in [0.2, 0.25) is 5.91 Å². The average molecular weight is 292 g/mol. The Morgan fingerprint density at radius 2 is 2.09 bits per heavy atom. The summed E-state index contributed by atoms with van der Waals surface area (Å²) in [6, 6.07) is 9.73. The summed E-state index contributed by atoms with van der Waals surface area (Å²) in [7, 11) is 0. The van der Waals surface area contributed by atoms with Crippen molar-refractivity contribution in [3.05, 3.63) is 54.7 Å². The number of aromatic nitrogens is 3. The molecule has 3 heterocycles. The quantitative estimate of drug-likeness (QED) is 0.790. The van der Waals surface area contributed by atoms with Crippen molar-refractivity contribution in [1.82, 2.24) is 14.5 Å². The Bertz CT molecular complexity index is 834. The van der Waals surface area contributed by atoms with Crippen molar-refractivity contribution in [2.75, 3.05) is 5.32 Å². The van der Waals surface area contributed by atoms with Gasteiger partial charge in [0.1, 0.15) is 5.82 Å². The number of amides is 1. The molecular weight excluding hydrogens is 276 g/mol. The Morgan fingerprint density at radius 3 is 3.05 bits per heavy atom. The van der Waals surface area contributed by atoms with Crippen LogP contribution in [0, 0.1) is 5.92 Å². The maximum atomic E-state index is 12.6. The van der Waals surface area contributed by atoms with E-state index in [1.165, 1.54) is 0 Å². The molecular formula is C17H16N4O. The van der Waals surface area contributed by atoms with E-state index in [0.29, 0.717) is 6.42 Å². The standard InChI is InChI=1S/C17H16N4O/c22-17(13-6-9-21-10-8-18-15(21)11-13)20-14-5-1-3-12-4-2-7-19-16(12)14/h1-5,7-8,10,13H,6,9,11H2,(H,20,22). The Morgan fingerprint density at radius 1 is 1.18 bits per heavy atom. The van der Waals surface area contributed by atoms with Gasteiger partial charge in [0.15, 0.2) is 0 Å². The van der Waals surface area contributed by atoms with Crippen molar-refractivity contribution in [2.45, 2.75) is 19.4 Å². The van der Waals surface area contributed by atoms with Crippen LogP contribution in [0.15, 0.2) is 48.9 Å². The molecule has 1 aliphatic rings. The van der Waals surface area contributed by atoms with Crippen LogP contribution in [0.5, 0.6) is 0 Å². The molecule has 3 aromatic rings. The number of aryl methyl sites for hydroxylation is 1. The average Bonchev–Trinajstić information content (AvgIpc) is 3.02. The van der Waals surface area contributed by atoms with Gasteiger partial charge >= 0.3 is 0 Å². The summed E-state index contributed by atoms with van der Waals surface area (Å²) >= 11 is 0. The molecule has 1 aliphatic heterocycles. The lowest BCUT2D eigenvalue weighted by molar-refractivity contribution is -0.120. The zero-order valence-electron chi connectivity index (χ0n) is 12.1. The molecule has 0 spiro atoms. The molecule has 1 N–H and O–H groups in total. The van der Waals surface area contributed by atoms with E-state index >= 15 is 0 Å². The van der Waals surface area contributed by atoms with E-state index in [4.69, 9.17) is 0 Å². The highest BCUT2D eigenvalue weighted by atomic mass is 16.1. The second-order valence-electron chi connectivity index (χ2n) is 5.60. The Hall–Kier alpha value is -2.69. The van der Waals surface area contributed by atoms with E-state index in [0.717, 1.165) is 35.4 Å². The monoisotopic (exact) mass is 292 g/mol. The molecule has 4 rings (SSSR count). The van der Waals surface area contributed by atoms with Crippen molar-refractivity contribution in [3.63, 3.8) is 0 Å². The number of para-hydroxylation sites is 1. The summed E-state index contributed by atoms with van der Waals surface area (Å²) in [6.07, 6.45) is 7.04. The predicted octanol–water partition coefficient (Wildman–Crippen LogP) is 2.63. The van der Waals surface area contributed by atoms with Gasteiger partial charge in [0.25, 0.3) is 0 Å². The minimum atomic E-state index is -0.0335. The van der Waals surface area contributed by atoms with Crippen molar-refractivity contribution in [2.24, 2.45) is 5.92 Å². The van der Waals surface area contributed by atoms with Crippen LogP contribution in [0.1, 0.15) is 12.2 Å². The molecule has 0 saturated heterocycles. The van der Waals surface area contributed by atoms with Gasteiger partial charge in [0, 0.05) is 42.9 Å². The number of hydrogen-bond acceptors (Lipinski definition) is 3. The van der Waals surface area contributed by atoms with Crippen LogP contribution < -0.4 is 5.32 Å². The highest BCUT2D eigenvalue weighted by Crippen LogP contribution is 2.24. The third kappa shape index (κ3) is 2.24. The zero-order valence-corrected chi connectivity index (χ0v) is 12.1. The fourth-order valence-electron chi connectivity index (χ4n) is 3.01. The van der Waals surface area contributed by atoms with E-state index in [2.05, 4.69) is 19.9 Å². The van der Waals surface area contributed by atoms with Crippen LogP contribution in [0.25, 0.3) is 10.9 Å². The van der Waals surface area contributed by atoms with Gasteiger partial charge in [-0.05, 0) is 18.6 Å². The number of nitrogens with zero attached hydrogens (tertiary/aromatic N) is 3. The molecule has 5 heteroatoms. The van der Waals surface area contributed by atoms with E-state index in [-0.39, 0.29) is 11.8 Å². The van der Waals surface area contributed by atoms with E-state index in [1.807, 2.05) is 36.5 Å². The van der Waals surface area contributed by atoms with E-state index in [9.17, 15) is 4.79 Å². The number of carbonyl (C=O) groups is 1. The van der Waals surface area contributed by atoms with Gasteiger partial charge in [-0.3, -0.25) is 9.78 Å². The molecule has 5 nitrogen and oxygen atoms in total. The van der Waals surface area contributed by atoms with Crippen molar-refractivity contribution >= 4 is 22.5 Å². The third-order valence-electron chi connectivity index (χ3n) is 4.21. The zero-order chi connectivity index (χ0) is 14.9. The van der Waals surface area contributed by atoms with Crippen LogP contribution in [0.3, 0.4) is 0 Å². The number of imidazole rings is 1. The number of nitrogens with one attached hydrogen (secondary N) is 1. The minimum absolute atomic E-state index is 0.0335. The second-order valence-corrected chi connectivity index (χ2v) is 5.60. The minimum Gasteiger partial charge on any atom is -0.335 e. The summed E-state index contributed by atoms with van der Waals surface area (Å²) < 4.78 is 2.11. The fraction of sp³-hybridized carbons (Fsp3) is 0.235. The number of anilines is 1. The smallest absolute Gasteiger partial charge is 0.228 e. The highest BCUT2D eigenvalue weighted by Gasteiger charge is 2.25. The summed E-state index contributed by atoms with van der Waals surface area (Å²) in [6.45, 7) is 0.848. The van der Waals surface area contributed by atoms with Gasteiger partial charge < -0.3 is 9.88 Å². The van der Waals surface area contributed by atoms with Crippen molar-refractivity contribution in [1.29, 1.82) is 0 Å². The maximum Gasteiger partial charge on any atom is 0.228 e. The first-order chi connectivity index (χ1) is 10.8. The highest BCUT2D eigenvalue weighted by molar-refractivity contribution is 6.01. The number of pyridine rings is 1. The third-order valence-corrected chi connectivity index (χ3v) is 4.21. The molecule has 0 saturated carbocycles. The Kier molecular flexibility index (Phi) is 3.11. The molecule has 0 bridgehead atoms. The van der Waals surface area contributed by atoms with Crippen LogP contribution in [-0.2, 0) is 17.8 Å². The van der Waals surface area contributed by atoms with Crippen molar-refractivity contribution < 1.29 is 4.79 Å². The fourth-order valence-corrected chi connectivity index (χ4v) is 3.01. The lowest BCUT2D eigenvalue weighted by atomic mass is 9.96. The predicted molar refractivity (Wildman–Crippen MR) is 84.4 cm³/mol. The molecule has 0 fully saturated rings. The Labute approximate surface area is 128 Å². The van der Waals surface area contributed by atoms with E-state index < -0.39 is 0 Å². The number of carbonyl (C=O) groups excluding carboxylic acids is 1. The summed E-state index contributed by atoms with van der Waals surface area (Å²) in [4.78, 5) is 21.3. The number of benzene rings is 1. The first kappa shape index (κ1) is 13.0. The molecule has 110 valence electrons. The van der Waals surface area contributed by atoms with Gasteiger partial charge in [-0.25, -0.2) is 4.98 Å². The number of hydrogen-bond donors (Lipinski definition) is 1. The van der Waals surface area contributed by atoms with Crippen LogP contribution in [-0.4, -0.2) is 20.4 Å². The molecule has 0 aliphatic carbocycles.